The Labute approximate surface area is 146 Å². The number of anilines is 2. The molecule has 2 amide bonds. The maximum absolute atomic E-state index is 10.8. The van der Waals surface area contributed by atoms with Crippen LogP contribution in [0.5, 0.6) is 0 Å². The smallest absolute Gasteiger partial charge is 0.450 e. The Bertz CT molecular complexity index is 488. The molecule has 2 N–H and O–H groups in total. The first-order valence-electron chi connectivity index (χ1n) is 6.96. The van der Waals surface area contributed by atoms with E-state index in [9.17, 15) is 9.59 Å². The molecule has 0 heterocycles. The van der Waals surface area contributed by atoms with Crippen molar-refractivity contribution in [2.24, 2.45) is 0 Å². The molecule has 0 aliphatic carbocycles. The molecule has 0 fully saturated rings. The van der Waals surface area contributed by atoms with Crippen molar-refractivity contribution in [1.82, 2.24) is 0 Å². The summed E-state index contributed by atoms with van der Waals surface area (Å²) in [5.74, 6) is 0. The molecule has 6 nitrogen and oxygen atoms in total. The third kappa shape index (κ3) is 9.39. The van der Waals surface area contributed by atoms with E-state index in [1.165, 1.54) is 0 Å². The SMILES string of the molecule is CCOC(=O)Nc1ccc[cH-]1.CCOC(=O)Nc1ccc[cH-]1.[Fe+2]. The van der Waals surface area contributed by atoms with Gasteiger partial charge in [0.25, 0.3) is 0 Å². The summed E-state index contributed by atoms with van der Waals surface area (Å²) >= 11 is 0. The van der Waals surface area contributed by atoms with Crippen LogP contribution in [0.2, 0.25) is 0 Å². The predicted molar refractivity (Wildman–Crippen MR) is 85.4 cm³/mol. The number of carbonyl (C=O) groups excluding carboxylic acids is 2. The van der Waals surface area contributed by atoms with Gasteiger partial charge in [0.15, 0.2) is 0 Å². The topological polar surface area (TPSA) is 76.7 Å². The van der Waals surface area contributed by atoms with Gasteiger partial charge in [-0.05, 0) is 13.8 Å². The maximum atomic E-state index is 10.8. The van der Waals surface area contributed by atoms with Crippen LogP contribution in [0.15, 0.2) is 48.5 Å². The van der Waals surface area contributed by atoms with Crippen molar-refractivity contribution in [3.05, 3.63) is 48.5 Å². The number of hydrogen-bond donors (Lipinski definition) is 2. The average molecular weight is 360 g/mol. The van der Waals surface area contributed by atoms with E-state index in [-0.39, 0.29) is 17.1 Å². The number of carbonyl (C=O) groups is 2. The van der Waals surface area contributed by atoms with Crippen LogP contribution in [0.1, 0.15) is 13.8 Å². The van der Waals surface area contributed by atoms with Gasteiger partial charge < -0.3 is 20.1 Å². The monoisotopic (exact) mass is 360 g/mol. The molecule has 0 unspecified atom stereocenters. The molecule has 0 radical (unpaired) electrons. The van der Waals surface area contributed by atoms with Crippen LogP contribution in [0.3, 0.4) is 0 Å². The Morgan fingerprint density at radius 1 is 0.913 bits per heavy atom. The zero-order chi connectivity index (χ0) is 16.2. The Hall–Kier alpha value is -2.24. The van der Waals surface area contributed by atoms with Crippen LogP contribution in [-0.4, -0.2) is 25.4 Å². The third-order valence-corrected chi connectivity index (χ3v) is 2.37. The second-order valence-corrected chi connectivity index (χ2v) is 4.04. The molecule has 2 rings (SSSR count). The first-order valence-corrected chi connectivity index (χ1v) is 6.96. The number of rotatable bonds is 4. The summed E-state index contributed by atoms with van der Waals surface area (Å²) in [5, 5.41) is 5.12. The molecule has 0 saturated heterocycles. The Balaban J connectivity index is 0.000000403. The van der Waals surface area contributed by atoms with Gasteiger partial charge in [0.1, 0.15) is 0 Å². The van der Waals surface area contributed by atoms with Crippen molar-refractivity contribution in [3.63, 3.8) is 0 Å². The number of ether oxygens (including phenoxy) is 2. The molecule has 0 aliphatic heterocycles. The van der Waals surface area contributed by atoms with Crippen molar-refractivity contribution in [2.75, 3.05) is 23.8 Å². The zero-order valence-corrected chi connectivity index (χ0v) is 14.1. The van der Waals surface area contributed by atoms with Gasteiger partial charge in [-0.2, -0.15) is 24.3 Å². The average Bonchev–Trinajstić information content (AvgIpc) is 3.13. The molecule has 126 valence electrons. The van der Waals surface area contributed by atoms with Crippen LogP contribution in [-0.2, 0) is 26.5 Å². The minimum atomic E-state index is -0.404. The summed E-state index contributed by atoms with van der Waals surface area (Å²) in [6.07, 6.45) is -0.808. The van der Waals surface area contributed by atoms with E-state index in [1.54, 1.807) is 38.1 Å². The van der Waals surface area contributed by atoms with E-state index in [0.717, 1.165) is 11.4 Å². The second kappa shape index (κ2) is 12.3. The number of hydrogen-bond acceptors (Lipinski definition) is 4. The summed E-state index contributed by atoms with van der Waals surface area (Å²) in [6, 6.07) is 14.6. The molecule has 7 heteroatoms. The normalized spacial score (nSPS) is 8.78. The van der Waals surface area contributed by atoms with E-state index in [2.05, 4.69) is 20.1 Å². The molecule has 0 atom stereocenters. The maximum Gasteiger partial charge on any atom is 2.00 e. The molecule has 0 saturated carbocycles. The largest absolute Gasteiger partial charge is 2.00 e. The van der Waals surface area contributed by atoms with E-state index < -0.39 is 12.2 Å². The van der Waals surface area contributed by atoms with Crippen molar-refractivity contribution in [2.45, 2.75) is 13.8 Å². The fourth-order valence-electron chi connectivity index (χ4n) is 1.48. The van der Waals surface area contributed by atoms with Gasteiger partial charge in [0, 0.05) is 0 Å². The number of nitrogens with one attached hydrogen (secondary N) is 2. The van der Waals surface area contributed by atoms with Crippen LogP contribution in [0, 0.1) is 0 Å². The van der Waals surface area contributed by atoms with E-state index >= 15 is 0 Å². The molecule has 0 aromatic heterocycles. The van der Waals surface area contributed by atoms with Crippen LogP contribution in [0.4, 0.5) is 21.0 Å². The van der Waals surface area contributed by atoms with E-state index in [4.69, 9.17) is 0 Å². The summed E-state index contributed by atoms with van der Waals surface area (Å²) in [6.45, 7) is 4.33. The van der Waals surface area contributed by atoms with Crippen molar-refractivity contribution in [1.29, 1.82) is 0 Å². The van der Waals surface area contributed by atoms with E-state index in [1.807, 2.05) is 24.3 Å². The minimum Gasteiger partial charge on any atom is -0.450 e. The molecule has 0 spiro atoms. The molecular formula is C16H20FeN2O4. The molecule has 0 aliphatic rings. The molecule has 2 aromatic carbocycles. The fourth-order valence-corrected chi connectivity index (χ4v) is 1.48. The first kappa shape index (κ1) is 20.8. The van der Waals surface area contributed by atoms with Gasteiger partial charge in [-0.15, -0.1) is 12.1 Å². The fraction of sp³-hybridized carbons (Fsp3) is 0.250. The van der Waals surface area contributed by atoms with Gasteiger partial charge in [0.05, 0.1) is 13.2 Å². The molecular weight excluding hydrogens is 340 g/mol. The molecule has 23 heavy (non-hydrogen) atoms. The number of amides is 2. The summed E-state index contributed by atoms with van der Waals surface area (Å²) in [7, 11) is 0. The van der Waals surface area contributed by atoms with Gasteiger partial charge in [0.2, 0.25) is 0 Å². The van der Waals surface area contributed by atoms with Gasteiger partial charge >= 0.3 is 29.3 Å². The Morgan fingerprint density at radius 3 is 1.57 bits per heavy atom. The first-order chi connectivity index (χ1) is 10.7. The minimum absolute atomic E-state index is 0. The van der Waals surface area contributed by atoms with Crippen LogP contribution in [0.25, 0.3) is 0 Å². The molecule has 2 aromatic rings. The molecule has 0 bridgehead atoms. The second-order valence-electron chi connectivity index (χ2n) is 4.04. The van der Waals surface area contributed by atoms with Gasteiger partial charge in [-0.25, -0.2) is 21.7 Å². The van der Waals surface area contributed by atoms with Crippen molar-refractivity contribution >= 4 is 23.6 Å². The Kier molecular flexibility index (Phi) is 11.1. The Morgan fingerprint density at radius 2 is 1.30 bits per heavy atom. The van der Waals surface area contributed by atoms with Crippen LogP contribution >= 0.6 is 0 Å². The summed E-state index contributed by atoms with van der Waals surface area (Å²) < 4.78 is 9.33. The summed E-state index contributed by atoms with van der Waals surface area (Å²) in [4.78, 5) is 21.6. The third-order valence-electron chi connectivity index (χ3n) is 2.37. The predicted octanol–water partition coefficient (Wildman–Crippen LogP) is 3.95. The van der Waals surface area contributed by atoms with Gasteiger partial charge in [-0.1, -0.05) is 11.4 Å². The van der Waals surface area contributed by atoms with Crippen molar-refractivity contribution in [3.8, 4) is 0 Å². The zero-order valence-electron chi connectivity index (χ0n) is 13.0. The standard InChI is InChI=1S/2C8H10NO2.Fe/c2*1-2-11-8(10)9-7-5-3-4-6-7;/h2*3-6H,2H2,1H3,(H,9,10);/q2*-1;+2. The quantitative estimate of drug-likeness (QED) is 0.640. The summed E-state index contributed by atoms with van der Waals surface area (Å²) in [5.41, 5.74) is 1.53. The van der Waals surface area contributed by atoms with Crippen LogP contribution < -0.4 is 10.6 Å². The van der Waals surface area contributed by atoms with Crippen molar-refractivity contribution < 1.29 is 36.1 Å². The van der Waals surface area contributed by atoms with Gasteiger partial charge in [-0.3, -0.25) is 0 Å². The van der Waals surface area contributed by atoms with E-state index in [0.29, 0.717) is 13.2 Å².